The Bertz CT molecular complexity index is 1030. The van der Waals surface area contributed by atoms with Crippen LogP contribution in [0.5, 0.6) is 5.75 Å². The molecule has 2 aliphatic rings. The average molecular weight is 555 g/mol. The SMILES string of the molecule is Cl.Cl.Clc1ccc(CC[C@]2(Cn3ccnc3)OC[C@@H](COc3ccc(N4CCCCC4)cc3)O2)cc1. The summed E-state index contributed by atoms with van der Waals surface area (Å²) in [5.74, 6) is 0.143. The van der Waals surface area contributed by atoms with Crippen molar-refractivity contribution in [3.63, 3.8) is 0 Å². The molecule has 196 valence electrons. The number of aromatic nitrogens is 2. The van der Waals surface area contributed by atoms with Crippen LogP contribution in [-0.2, 0) is 22.4 Å². The summed E-state index contributed by atoms with van der Waals surface area (Å²) < 4.78 is 20.8. The van der Waals surface area contributed by atoms with Gasteiger partial charge in [0, 0.05) is 42.6 Å². The number of nitrogens with zero attached hydrogens (tertiary/aromatic N) is 3. The standard InChI is InChI=1S/C27H32ClN3O3.2ClH/c28-23-6-4-22(5-7-23)12-13-27(20-30-17-14-29-21-30)33-19-26(34-27)18-32-25-10-8-24(9-11-25)31-15-2-1-3-16-31;;/h4-11,14,17,21,26H,1-3,12-13,15-16,18-20H2;2*1H/t26-,27+;;/m1../s1. The molecule has 2 saturated heterocycles. The number of benzene rings is 2. The summed E-state index contributed by atoms with van der Waals surface area (Å²) in [4.78, 5) is 6.62. The molecular formula is C27H34Cl3N3O3. The molecule has 3 aromatic rings. The van der Waals surface area contributed by atoms with E-state index in [4.69, 9.17) is 25.8 Å². The van der Waals surface area contributed by atoms with Crippen LogP contribution in [0.4, 0.5) is 5.69 Å². The lowest BCUT2D eigenvalue weighted by Gasteiger charge is -2.29. The zero-order valence-electron chi connectivity index (χ0n) is 20.3. The summed E-state index contributed by atoms with van der Waals surface area (Å²) >= 11 is 6.04. The van der Waals surface area contributed by atoms with E-state index in [1.165, 1.54) is 30.5 Å². The number of ether oxygens (including phenoxy) is 3. The Hall–Kier alpha value is -1.96. The average Bonchev–Trinajstić information content (AvgIpc) is 3.54. The second-order valence-corrected chi connectivity index (χ2v) is 9.61. The van der Waals surface area contributed by atoms with Gasteiger partial charge in [0.05, 0.1) is 19.5 Å². The molecule has 0 aliphatic carbocycles. The van der Waals surface area contributed by atoms with Crippen LogP contribution in [0.15, 0.2) is 67.3 Å². The van der Waals surface area contributed by atoms with Gasteiger partial charge in [-0.1, -0.05) is 23.7 Å². The Morgan fingerprint density at radius 3 is 2.44 bits per heavy atom. The lowest BCUT2D eigenvalue weighted by atomic mass is 10.0. The highest BCUT2D eigenvalue weighted by Gasteiger charge is 2.42. The first kappa shape index (κ1) is 28.6. The van der Waals surface area contributed by atoms with Crippen LogP contribution in [-0.4, -0.2) is 47.7 Å². The highest BCUT2D eigenvalue weighted by Crippen LogP contribution is 2.32. The zero-order chi connectivity index (χ0) is 23.2. The fraction of sp³-hybridized carbons (Fsp3) is 0.444. The Kier molecular flexibility index (Phi) is 10.8. The van der Waals surface area contributed by atoms with Gasteiger partial charge in [-0.3, -0.25) is 0 Å². The van der Waals surface area contributed by atoms with Crippen molar-refractivity contribution < 1.29 is 14.2 Å². The molecule has 0 bridgehead atoms. The quantitative estimate of drug-likeness (QED) is 0.315. The zero-order valence-corrected chi connectivity index (χ0v) is 22.6. The summed E-state index contributed by atoms with van der Waals surface area (Å²) in [6, 6.07) is 16.4. The van der Waals surface area contributed by atoms with Gasteiger partial charge in [0.2, 0.25) is 0 Å². The predicted octanol–water partition coefficient (Wildman–Crippen LogP) is 6.19. The molecule has 2 atom stereocenters. The predicted molar refractivity (Wildman–Crippen MR) is 148 cm³/mol. The largest absolute Gasteiger partial charge is 0.491 e. The van der Waals surface area contributed by atoms with Crippen molar-refractivity contribution in [2.45, 2.75) is 50.5 Å². The van der Waals surface area contributed by atoms with Crippen LogP contribution in [0, 0.1) is 0 Å². The summed E-state index contributed by atoms with van der Waals surface area (Å²) in [6.07, 6.45) is 10.8. The lowest BCUT2D eigenvalue weighted by Crippen LogP contribution is -2.37. The molecule has 3 heterocycles. The van der Waals surface area contributed by atoms with E-state index in [-0.39, 0.29) is 30.9 Å². The van der Waals surface area contributed by atoms with Gasteiger partial charge in [-0.2, -0.15) is 0 Å². The molecular weight excluding hydrogens is 521 g/mol. The molecule has 0 saturated carbocycles. The van der Waals surface area contributed by atoms with E-state index >= 15 is 0 Å². The fourth-order valence-corrected chi connectivity index (χ4v) is 4.86. The Balaban J connectivity index is 0.00000180. The van der Waals surface area contributed by atoms with Gasteiger partial charge >= 0.3 is 0 Å². The van der Waals surface area contributed by atoms with Gasteiger partial charge in [-0.05, 0) is 67.6 Å². The van der Waals surface area contributed by atoms with Crippen molar-refractivity contribution >= 4 is 42.1 Å². The minimum absolute atomic E-state index is 0. The van der Waals surface area contributed by atoms with Crippen LogP contribution in [0.1, 0.15) is 31.2 Å². The molecule has 36 heavy (non-hydrogen) atoms. The first-order valence-electron chi connectivity index (χ1n) is 12.2. The van der Waals surface area contributed by atoms with E-state index in [0.29, 0.717) is 19.8 Å². The number of halogens is 3. The van der Waals surface area contributed by atoms with Crippen molar-refractivity contribution in [3.05, 3.63) is 77.8 Å². The smallest absolute Gasteiger partial charge is 0.187 e. The van der Waals surface area contributed by atoms with Gasteiger partial charge in [0.1, 0.15) is 18.5 Å². The lowest BCUT2D eigenvalue weighted by molar-refractivity contribution is -0.184. The van der Waals surface area contributed by atoms with Crippen LogP contribution >= 0.6 is 36.4 Å². The van der Waals surface area contributed by atoms with E-state index < -0.39 is 5.79 Å². The van der Waals surface area contributed by atoms with Crippen LogP contribution in [0.2, 0.25) is 5.02 Å². The maximum atomic E-state index is 6.48. The molecule has 9 heteroatoms. The summed E-state index contributed by atoms with van der Waals surface area (Å²) in [5.41, 5.74) is 2.48. The van der Waals surface area contributed by atoms with Crippen LogP contribution in [0.3, 0.4) is 0 Å². The summed E-state index contributed by atoms with van der Waals surface area (Å²) in [7, 11) is 0. The maximum absolute atomic E-state index is 6.48. The van der Waals surface area contributed by atoms with E-state index in [0.717, 1.165) is 36.7 Å². The van der Waals surface area contributed by atoms with E-state index in [1.54, 1.807) is 12.5 Å². The molecule has 2 aliphatic heterocycles. The summed E-state index contributed by atoms with van der Waals surface area (Å²) in [6.45, 7) is 3.82. The maximum Gasteiger partial charge on any atom is 0.187 e. The summed E-state index contributed by atoms with van der Waals surface area (Å²) in [5, 5.41) is 0.742. The number of hydrogen-bond donors (Lipinski definition) is 0. The molecule has 5 rings (SSSR count). The number of rotatable bonds is 9. The number of imidazole rings is 1. The molecule has 0 unspecified atom stereocenters. The number of anilines is 1. The molecule has 0 N–H and O–H groups in total. The van der Waals surface area contributed by atoms with E-state index in [9.17, 15) is 0 Å². The van der Waals surface area contributed by atoms with Gasteiger partial charge in [0.15, 0.2) is 5.79 Å². The van der Waals surface area contributed by atoms with Crippen LogP contribution < -0.4 is 9.64 Å². The van der Waals surface area contributed by atoms with Gasteiger partial charge in [-0.15, -0.1) is 24.8 Å². The molecule has 6 nitrogen and oxygen atoms in total. The van der Waals surface area contributed by atoms with Crippen molar-refractivity contribution in [1.82, 2.24) is 9.55 Å². The number of hydrogen-bond acceptors (Lipinski definition) is 5. The van der Waals surface area contributed by atoms with Gasteiger partial charge in [0.25, 0.3) is 0 Å². The third-order valence-corrected chi connectivity index (χ3v) is 6.85. The molecule has 1 aromatic heterocycles. The topological polar surface area (TPSA) is 48.8 Å². The van der Waals surface area contributed by atoms with Gasteiger partial charge < -0.3 is 23.7 Å². The van der Waals surface area contributed by atoms with Crippen molar-refractivity contribution in [1.29, 1.82) is 0 Å². The van der Waals surface area contributed by atoms with Crippen molar-refractivity contribution in [2.24, 2.45) is 0 Å². The van der Waals surface area contributed by atoms with E-state index in [2.05, 4.69) is 46.3 Å². The van der Waals surface area contributed by atoms with Crippen molar-refractivity contribution in [2.75, 3.05) is 31.2 Å². The second-order valence-electron chi connectivity index (χ2n) is 9.18. The highest BCUT2D eigenvalue weighted by atomic mass is 35.5. The number of piperidine rings is 1. The van der Waals surface area contributed by atoms with E-state index in [1.807, 2.05) is 22.9 Å². The first-order valence-corrected chi connectivity index (χ1v) is 12.6. The van der Waals surface area contributed by atoms with Crippen molar-refractivity contribution in [3.8, 4) is 5.75 Å². The Morgan fingerprint density at radius 2 is 1.75 bits per heavy atom. The minimum Gasteiger partial charge on any atom is -0.491 e. The molecule has 0 amide bonds. The number of aryl methyl sites for hydroxylation is 1. The Labute approximate surface area is 230 Å². The molecule has 0 spiro atoms. The normalized spacial score (nSPS) is 21.5. The second kappa shape index (κ2) is 13.5. The molecule has 2 fully saturated rings. The fourth-order valence-electron chi connectivity index (χ4n) is 4.73. The highest BCUT2D eigenvalue weighted by molar-refractivity contribution is 6.30. The first-order chi connectivity index (χ1) is 16.7. The van der Waals surface area contributed by atoms with Gasteiger partial charge in [-0.25, -0.2) is 4.98 Å². The molecule has 0 radical (unpaired) electrons. The third-order valence-electron chi connectivity index (χ3n) is 6.60. The monoisotopic (exact) mass is 553 g/mol. The van der Waals surface area contributed by atoms with Crippen LogP contribution in [0.25, 0.3) is 0 Å². The Morgan fingerprint density at radius 1 is 1.00 bits per heavy atom. The third kappa shape index (κ3) is 7.53. The minimum atomic E-state index is -0.716. The molecule has 2 aromatic carbocycles.